The second-order valence-corrected chi connectivity index (χ2v) is 6.97. The van der Waals surface area contributed by atoms with Crippen LogP contribution in [0.2, 0.25) is 0 Å². The van der Waals surface area contributed by atoms with Crippen molar-refractivity contribution < 1.29 is 4.39 Å². The summed E-state index contributed by atoms with van der Waals surface area (Å²) in [5, 5.41) is 12.7. The van der Waals surface area contributed by atoms with Crippen molar-refractivity contribution in [2.24, 2.45) is 0 Å². The molecular weight excluding hydrogens is 305 g/mol. The van der Waals surface area contributed by atoms with E-state index in [1.54, 1.807) is 0 Å². The van der Waals surface area contributed by atoms with Gasteiger partial charge in [0.2, 0.25) is 0 Å². The molecule has 1 aliphatic carbocycles. The normalized spacial score (nSPS) is 21.2. The molecule has 128 valence electrons. The molecule has 1 aromatic heterocycles. The molecule has 2 aliphatic rings. The van der Waals surface area contributed by atoms with Gasteiger partial charge in [-0.25, -0.2) is 9.07 Å². The third kappa shape index (κ3) is 3.07. The molecule has 24 heavy (non-hydrogen) atoms. The first kappa shape index (κ1) is 15.7. The quantitative estimate of drug-likeness (QED) is 0.861. The van der Waals surface area contributed by atoms with Crippen LogP contribution in [0.4, 0.5) is 4.39 Å². The van der Waals surface area contributed by atoms with Gasteiger partial charge in [-0.3, -0.25) is 4.90 Å². The fraction of sp³-hybridized carbons (Fsp3) is 0.611. The number of benzene rings is 1. The molecule has 4 rings (SSSR count). The number of hydrogen-bond acceptors (Lipinski definition) is 4. The maximum atomic E-state index is 13.4. The minimum absolute atomic E-state index is 0.0153. The first-order valence-electron chi connectivity index (χ1n) is 9.10. The van der Waals surface area contributed by atoms with Crippen LogP contribution in [0.5, 0.6) is 0 Å². The van der Waals surface area contributed by atoms with Crippen molar-refractivity contribution in [3.05, 3.63) is 41.5 Å². The molecule has 0 radical (unpaired) electrons. The van der Waals surface area contributed by atoms with Crippen molar-refractivity contribution in [3.8, 4) is 0 Å². The summed E-state index contributed by atoms with van der Waals surface area (Å²) in [4.78, 5) is 2.45. The van der Waals surface area contributed by atoms with Gasteiger partial charge < -0.3 is 0 Å². The molecular formula is C18H24FN5. The van der Waals surface area contributed by atoms with Crippen LogP contribution >= 0.6 is 0 Å². The molecule has 6 heteroatoms. The molecule has 1 aromatic carbocycles. The van der Waals surface area contributed by atoms with Crippen LogP contribution in [-0.4, -0.2) is 38.2 Å². The predicted molar refractivity (Wildman–Crippen MR) is 89.0 cm³/mol. The summed E-state index contributed by atoms with van der Waals surface area (Å²) >= 11 is 0. The summed E-state index contributed by atoms with van der Waals surface area (Å²) in [5.41, 5.74) is 1.08. The Bertz CT molecular complexity index is 656. The maximum absolute atomic E-state index is 13.4. The fourth-order valence-corrected chi connectivity index (χ4v) is 4.13. The van der Waals surface area contributed by atoms with E-state index in [-0.39, 0.29) is 11.9 Å². The Morgan fingerprint density at radius 3 is 2.38 bits per heavy atom. The van der Waals surface area contributed by atoms with E-state index in [0.29, 0.717) is 6.04 Å². The molecule has 2 fully saturated rings. The number of aromatic nitrogens is 4. The molecule has 1 aliphatic heterocycles. The molecule has 2 aromatic rings. The molecule has 1 saturated heterocycles. The molecule has 0 spiro atoms. The van der Waals surface area contributed by atoms with Gasteiger partial charge in [0.1, 0.15) is 5.82 Å². The molecule has 1 saturated carbocycles. The number of piperidine rings is 1. The number of hydrogen-bond donors (Lipinski definition) is 0. The molecule has 0 bridgehead atoms. The molecule has 5 nitrogen and oxygen atoms in total. The van der Waals surface area contributed by atoms with Gasteiger partial charge in [0.15, 0.2) is 5.82 Å². The average molecular weight is 329 g/mol. The molecule has 2 heterocycles. The Labute approximate surface area is 141 Å². The van der Waals surface area contributed by atoms with Crippen molar-refractivity contribution in [2.45, 2.75) is 57.0 Å². The third-order valence-corrected chi connectivity index (χ3v) is 5.37. The van der Waals surface area contributed by atoms with Gasteiger partial charge in [-0.15, -0.1) is 5.10 Å². The zero-order chi connectivity index (χ0) is 16.4. The fourth-order valence-electron chi connectivity index (χ4n) is 4.13. The Balaban J connectivity index is 1.72. The molecule has 0 amide bonds. The van der Waals surface area contributed by atoms with Crippen LogP contribution in [0.15, 0.2) is 24.3 Å². The van der Waals surface area contributed by atoms with Crippen LogP contribution in [0, 0.1) is 5.82 Å². The van der Waals surface area contributed by atoms with Crippen LogP contribution in [0.1, 0.15) is 68.4 Å². The van der Waals surface area contributed by atoms with Crippen LogP contribution in [0.3, 0.4) is 0 Å². The van der Waals surface area contributed by atoms with Crippen molar-refractivity contribution in [3.63, 3.8) is 0 Å². The van der Waals surface area contributed by atoms with Gasteiger partial charge in [-0.05, 0) is 66.9 Å². The first-order chi connectivity index (χ1) is 11.8. The van der Waals surface area contributed by atoms with Gasteiger partial charge in [-0.1, -0.05) is 31.4 Å². The van der Waals surface area contributed by atoms with Crippen molar-refractivity contribution in [1.82, 2.24) is 25.1 Å². The first-order valence-corrected chi connectivity index (χ1v) is 9.10. The van der Waals surface area contributed by atoms with Crippen LogP contribution < -0.4 is 0 Å². The van der Waals surface area contributed by atoms with E-state index in [1.807, 2.05) is 16.8 Å². The van der Waals surface area contributed by atoms with Gasteiger partial charge in [0, 0.05) is 0 Å². The number of halogens is 1. The lowest BCUT2D eigenvalue weighted by Crippen LogP contribution is -2.36. The van der Waals surface area contributed by atoms with Crippen molar-refractivity contribution in [2.75, 3.05) is 13.1 Å². The highest BCUT2D eigenvalue weighted by Crippen LogP contribution is 2.35. The Hall–Kier alpha value is -1.82. The minimum Gasteiger partial charge on any atom is -0.290 e. The highest BCUT2D eigenvalue weighted by molar-refractivity contribution is 5.25. The van der Waals surface area contributed by atoms with Crippen molar-refractivity contribution >= 4 is 0 Å². The van der Waals surface area contributed by atoms with Gasteiger partial charge in [0.25, 0.3) is 0 Å². The summed E-state index contributed by atoms with van der Waals surface area (Å²) < 4.78 is 15.4. The van der Waals surface area contributed by atoms with Crippen LogP contribution in [-0.2, 0) is 0 Å². The van der Waals surface area contributed by atoms with E-state index in [2.05, 4.69) is 20.4 Å². The number of tetrazole rings is 1. The topological polar surface area (TPSA) is 46.8 Å². The monoisotopic (exact) mass is 329 g/mol. The number of rotatable bonds is 4. The van der Waals surface area contributed by atoms with E-state index in [9.17, 15) is 4.39 Å². The van der Waals surface area contributed by atoms with Crippen molar-refractivity contribution in [1.29, 1.82) is 0 Å². The van der Waals surface area contributed by atoms with Gasteiger partial charge in [0.05, 0.1) is 12.1 Å². The SMILES string of the molecule is Fc1ccc([C@@H](c2nnnn2C2CCCC2)N2CCCCC2)cc1. The summed E-state index contributed by atoms with van der Waals surface area (Å²) in [5.74, 6) is 0.710. The number of nitrogens with zero attached hydrogens (tertiary/aromatic N) is 5. The highest BCUT2D eigenvalue weighted by Gasteiger charge is 2.31. The Kier molecular flexibility index (Phi) is 4.56. The lowest BCUT2D eigenvalue weighted by molar-refractivity contribution is 0.175. The van der Waals surface area contributed by atoms with E-state index in [4.69, 9.17) is 0 Å². The Morgan fingerprint density at radius 2 is 1.67 bits per heavy atom. The zero-order valence-electron chi connectivity index (χ0n) is 13.9. The second kappa shape index (κ2) is 6.97. The smallest absolute Gasteiger partial charge is 0.173 e. The summed E-state index contributed by atoms with van der Waals surface area (Å²) in [7, 11) is 0. The van der Waals surface area contributed by atoms with E-state index >= 15 is 0 Å². The Morgan fingerprint density at radius 1 is 0.958 bits per heavy atom. The molecule has 1 atom stereocenters. The molecule has 0 N–H and O–H groups in total. The van der Waals surface area contributed by atoms with Crippen LogP contribution in [0.25, 0.3) is 0 Å². The van der Waals surface area contributed by atoms with E-state index < -0.39 is 0 Å². The predicted octanol–water partition coefficient (Wildman–Crippen LogP) is 3.50. The summed E-state index contributed by atoms with van der Waals surface area (Å²) in [6, 6.07) is 7.25. The second-order valence-electron chi connectivity index (χ2n) is 6.97. The van der Waals surface area contributed by atoms with Gasteiger partial charge >= 0.3 is 0 Å². The van der Waals surface area contributed by atoms with E-state index in [0.717, 1.165) is 37.3 Å². The summed E-state index contributed by atoms with van der Waals surface area (Å²) in [6.07, 6.45) is 8.46. The minimum atomic E-state index is -0.202. The lowest BCUT2D eigenvalue weighted by atomic mass is 10.0. The number of likely N-dealkylation sites (tertiary alicyclic amines) is 1. The lowest BCUT2D eigenvalue weighted by Gasteiger charge is -2.34. The molecule has 0 unspecified atom stereocenters. The maximum Gasteiger partial charge on any atom is 0.173 e. The van der Waals surface area contributed by atoms with Gasteiger partial charge in [-0.2, -0.15) is 0 Å². The summed E-state index contributed by atoms with van der Waals surface area (Å²) in [6.45, 7) is 2.08. The highest BCUT2D eigenvalue weighted by atomic mass is 19.1. The average Bonchev–Trinajstić information content (AvgIpc) is 3.29. The largest absolute Gasteiger partial charge is 0.290 e. The van der Waals surface area contributed by atoms with E-state index in [1.165, 1.54) is 44.2 Å². The zero-order valence-corrected chi connectivity index (χ0v) is 13.9. The third-order valence-electron chi connectivity index (χ3n) is 5.37. The standard InChI is InChI=1S/C18H24FN5/c19-15-10-8-14(9-11-15)17(23-12-4-1-5-13-23)18-20-21-22-24(18)16-6-2-3-7-16/h8-11,16-17H,1-7,12-13H2/t17-/m0/s1.